The van der Waals surface area contributed by atoms with Gasteiger partial charge in [0.25, 0.3) is 0 Å². The van der Waals surface area contributed by atoms with E-state index in [9.17, 15) is 29.1 Å². The van der Waals surface area contributed by atoms with Crippen LogP contribution in [-0.2, 0) is 30.4 Å². The van der Waals surface area contributed by atoms with Crippen LogP contribution in [0.4, 0.5) is 0 Å². The van der Waals surface area contributed by atoms with Crippen molar-refractivity contribution in [1.82, 2.24) is 25.9 Å². The summed E-state index contributed by atoms with van der Waals surface area (Å²) in [6, 6.07) is -4.72. The van der Waals surface area contributed by atoms with Crippen molar-refractivity contribution in [2.75, 3.05) is 17.8 Å². The minimum absolute atomic E-state index is 0.0349. The average Bonchev–Trinajstić information content (AvgIpc) is 3.27. The fourth-order valence-electron chi connectivity index (χ4n) is 2.64. The van der Waals surface area contributed by atoms with E-state index in [1.807, 2.05) is 0 Å². The first-order chi connectivity index (χ1) is 15.6. The van der Waals surface area contributed by atoms with Gasteiger partial charge in [0, 0.05) is 24.1 Å². The van der Waals surface area contributed by atoms with Crippen molar-refractivity contribution in [3.05, 3.63) is 18.2 Å². The van der Waals surface area contributed by atoms with Gasteiger partial charge in [-0.3, -0.25) is 19.2 Å². The highest BCUT2D eigenvalue weighted by molar-refractivity contribution is 7.98. The Morgan fingerprint density at radius 1 is 1.12 bits per heavy atom. The number of rotatable bonds is 15. The Balaban J connectivity index is 3.01. The van der Waals surface area contributed by atoms with Crippen molar-refractivity contribution in [3.63, 3.8) is 0 Å². The molecule has 4 unspecified atom stereocenters. The van der Waals surface area contributed by atoms with Crippen LogP contribution < -0.4 is 27.4 Å². The second-order valence-corrected chi connectivity index (χ2v) is 8.39. The number of amides is 4. The van der Waals surface area contributed by atoms with Gasteiger partial charge >= 0.3 is 5.97 Å². The number of carbonyl (C=O) groups excluding carboxylic acids is 4. The second kappa shape index (κ2) is 14.4. The first-order valence-corrected chi connectivity index (χ1v) is 11.9. The third-order valence-electron chi connectivity index (χ3n) is 4.41. The van der Waals surface area contributed by atoms with Gasteiger partial charge in [0.2, 0.25) is 23.6 Å². The molecule has 15 heteroatoms. The van der Waals surface area contributed by atoms with Gasteiger partial charge in [-0.15, -0.1) is 0 Å². The van der Waals surface area contributed by atoms with Crippen LogP contribution in [-0.4, -0.2) is 86.6 Å². The lowest BCUT2D eigenvalue weighted by atomic mass is 10.1. The summed E-state index contributed by atoms with van der Waals surface area (Å²) >= 11 is 5.38. The molecule has 1 aromatic rings. The molecule has 184 valence electrons. The first kappa shape index (κ1) is 28.3. The predicted octanol–water partition coefficient (Wildman–Crippen LogP) is -2.62. The van der Waals surface area contributed by atoms with E-state index in [0.717, 1.165) is 0 Å². The molecule has 4 atom stereocenters. The molecule has 1 heterocycles. The first-order valence-electron chi connectivity index (χ1n) is 9.83. The molecule has 0 aliphatic heterocycles. The number of imidazole rings is 1. The number of carboxylic acid groups (broad SMARTS) is 1. The van der Waals surface area contributed by atoms with Gasteiger partial charge in [0.1, 0.15) is 18.1 Å². The molecule has 0 saturated carbocycles. The van der Waals surface area contributed by atoms with Gasteiger partial charge in [-0.2, -0.15) is 24.4 Å². The Hall–Kier alpha value is -2.78. The fourth-order valence-corrected chi connectivity index (χ4v) is 3.27. The van der Waals surface area contributed by atoms with Crippen LogP contribution in [0.15, 0.2) is 12.5 Å². The van der Waals surface area contributed by atoms with Crippen LogP contribution in [0.5, 0.6) is 0 Å². The zero-order valence-corrected chi connectivity index (χ0v) is 19.7. The molecule has 0 aliphatic rings. The van der Waals surface area contributed by atoms with Crippen molar-refractivity contribution in [1.29, 1.82) is 0 Å². The fraction of sp³-hybridized carbons (Fsp3) is 0.556. The van der Waals surface area contributed by atoms with E-state index in [0.29, 0.717) is 11.4 Å². The molecular weight excluding hydrogens is 474 g/mol. The Kier molecular flexibility index (Phi) is 12.3. The molecule has 0 bridgehead atoms. The van der Waals surface area contributed by atoms with Crippen LogP contribution >= 0.6 is 24.4 Å². The van der Waals surface area contributed by atoms with Crippen LogP contribution in [0.1, 0.15) is 18.5 Å². The number of carboxylic acids is 1. The molecule has 33 heavy (non-hydrogen) atoms. The largest absolute Gasteiger partial charge is 0.480 e. The summed E-state index contributed by atoms with van der Waals surface area (Å²) in [4.78, 5) is 67.1. The van der Waals surface area contributed by atoms with Crippen molar-refractivity contribution >= 4 is 54.0 Å². The Labute approximate surface area is 200 Å². The predicted molar refractivity (Wildman–Crippen MR) is 124 cm³/mol. The molecule has 9 N–H and O–H groups in total. The van der Waals surface area contributed by atoms with E-state index < -0.39 is 60.2 Å². The molecule has 13 nitrogen and oxygen atoms in total. The monoisotopic (exact) mass is 503 g/mol. The van der Waals surface area contributed by atoms with Crippen LogP contribution in [0.2, 0.25) is 0 Å². The maximum Gasteiger partial charge on any atom is 0.326 e. The molecule has 1 aromatic heterocycles. The van der Waals surface area contributed by atoms with E-state index in [2.05, 4.69) is 38.5 Å². The number of aliphatic carboxylic acids is 1. The number of nitrogens with two attached hydrogens (primary N) is 2. The molecular formula is C18H29N7O6S2. The quantitative estimate of drug-likeness (QED) is 0.117. The third kappa shape index (κ3) is 10.1. The number of carbonyl (C=O) groups is 5. The van der Waals surface area contributed by atoms with Gasteiger partial charge in [0.05, 0.1) is 18.8 Å². The number of nitrogens with one attached hydrogen (secondary N) is 4. The maximum absolute atomic E-state index is 13.0. The summed E-state index contributed by atoms with van der Waals surface area (Å²) < 4.78 is 0. The number of nitrogens with zero attached hydrogens (tertiary/aromatic N) is 1. The summed E-state index contributed by atoms with van der Waals surface area (Å²) in [7, 11) is 0. The Morgan fingerprint density at radius 2 is 1.73 bits per heavy atom. The summed E-state index contributed by atoms with van der Waals surface area (Å²) in [5, 5.41) is 16.5. The summed E-state index contributed by atoms with van der Waals surface area (Å²) in [6.07, 6.45) is 4.28. The van der Waals surface area contributed by atoms with E-state index in [1.165, 1.54) is 24.3 Å². The number of hydrogen-bond acceptors (Lipinski definition) is 9. The highest BCUT2D eigenvalue weighted by Crippen LogP contribution is 2.06. The van der Waals surface area contributed by atoms with Gasteiger partial charge in [-0.1, -0.05) is 0 Å². The average molecular weight is 504 g/mol. The van der Waals surface area contributed by atoms with Crippen LogP contribution in [0.3, 0.4) is 0 Å². The second-order valence-electron chi connectivity index (χ2n) is 7.04. The Bertz CT molecular complexity index is 823. The molecule has 4 amide bonds. The molecule has 0 radical (unpaired) electrons. The number of aromatic nitrogens is 2. The van der Waals surface area contributed by atoms with Crippen molar-refractivity contribution in [2.45, 2.75) is 43.4 Å². The number of thioether (sulfide) groups is 1. The molecule has 1 rings (SSSR count). The zero-order valence-electron chi connectivity index (χ0n) is 17.9. The zero-order chi connectivity index (χ0) is 25.0. The molecule has 0 fully saturated rings. The van der Waals surface area contributed by atoms with E-state index in [1.54, 1.807) is 6.26 Å². The minimum Gasteiger partial charge on any atom is -0.480 e. The topological polar surface area (TPSA) is 222 Å². The van der Waals surface area contributed by atoms with Gasteiger partial charge < -0.3 is 37.5 Å². The lowest BCUT2D eigenvalue weighted by Crippen LogP contribution is -2.58. The number of H-pyrrole nitrogens is 1. The molecule has 0 saturated heterocycles. The summed E-state index contributed by atoms with van der Waals surface area (Å²) in [5.41, 5.74) is 11.3. The summed E-state index contributed by atoms with van der Waals surface area (Å²) in [6.45, 7) is 0. The molecule has 0 aromatic carbocycles. The minimum atomic E-state index is -1.54. The lowest BCUT2D eigenvalue weighted by Gasteiger charge is -2.24. The van der Waals surface area contributed by atoms with Crippen molar-refractivity contribution < 1.29 is 29.1 Å². The molecule has 0 spiro atoms. The normalized spacial score (nSPS) is 14.4. The summed E-state index contributed by atoms with van der Waals surface area (Å²) in [5.74, 6) is -3.93. The Morgan fingerprint density at radius 3 is 2.24 bits per heavy atom. The standard InChI is InChI=1S/C18H29N7O6S2/c1-33-3-2-11(16(28)25-13(18(30)31)5-14(20)26)23-17(29)12(4-9-6-21-8-22-9)24-15(27)10(19)7-32/h6,8,10-13,32H,2-5,7,19H2,1H3,(H2,20,26)(H,21,22)(H,23,29)(H,24,27)(H,25,28)(H,30,31). The number of aromatic amines is 1. The molecule has 0 aliphatic carbocycles. The van der Waals surface area contributed by atoms with Crippen molar-refractivity contribution in [3.8, 4) is 0 Å². The lowest BCUT2D eigenvalue weighted by molar-refractivity contribution is -0.143. The van der Waals surface area contributed by atoms with Crippen molar-refractivity contribution in [2.24, 2.45) is 11.5 Å². The number of hydrogen-bond donors (Lipinski definition) is 8. The highest BCUT2D eigenvalue weighted by atomic mass is 32.2. The third-order valence-corrected chi connectivity index (χ3v) is 5.45. The van der Waals surface area contributed by atoms with Crippen LogP contribution in [0.25, 0.3) is 0 Å². The number of primary amides is 1. The highest BCUT2D eigenvalue weighted by Gasteiger charge is 2.31. The van der Waals surface area contributed by atoms with E-state index in [-0.39, 0.29) is 18.6 Å². The van der Waals surface area contributed by atoms with E-state index in [4.69, 9.17) is 11.5 Å². The SMILES string of the molecule is CSCCC(NC(=O)C(Cc1cnc[nH]1)NC(=O)C(N)CS)C(=O)NC(CC(N)=O)C(=O)O. The van der Waals surface area contributed by atoms with Gasteiger partial charge in [-0.05, 0) is 18.4 Å². The smallest absolute Gasteiger partial charge is 0.326 e. The number of thiol groups is 1. The van der Waals surface area contributed by atoms with Gasteiger partial charge in [-0.25, -0.2) is 9.78 Å². The van der Waals surface area contributed by atoms with Crippen LogP contribution in [0, 0.1) is 0 Å². The van der Waals surface area contributed by atoms with Gasteiger partial charge in [0.15, 0.2) is 0 Å². The maximum atomic E-state index is 13.0. The van der Waals surface area contributed by atoms with E-state index >= 15 is 0 Å².